The second-order valence-corrected chi connectivity index (χ2v) is 7.47. The van der Waals surface area contributed by atoms with Gasteiger partial charge in [-0.1, -0.05) is 25.1 Å². The van der Waals surface area contributed by atoms with Gasteiger partial charge in [0.1, 0.15) is 11.6 Å². The molecule has 4 rings (SSSR count). The molecule has 1 aromatic carbocycles. The first-order valence-corrected chi connectivity index (χ1v) is 10.1. The van der Waals surface area contributed by atoms with E-state index in [0.717, 1.165) is 23.5 Å². The van der Waals surface area contributed by atoms with Gasteiger partial charge in [0.2, 0.25) is 0 Å². The number of rotatable bonds is 5. The van der Waals surface area contributed by atoms with Crippen LogP contribution in [0.25, 0.3) is 11.4 Å². The van der Waals surface area contributed by atoms with E-state index in [1.54, 1.807) is 6.20 Å². The first-order valence-electron chi connectivity index (χ1n) is 10.1. The lowest BCUT2D eigenvalue weighted by atomic mass is 9.89. The van der Waals surface area contributed by atoms with Crippen molar-refractivity contribution in [2.75, 3.05) is 5.32 Å². The highest BCUT2D eigenvalue weighted by atomic mass is 16.1. The normalized spacial score (nSPS) is 14.4. The van der Waals surface area contributed by atoms with Gasteiger partial charge in [-0.25, -0.2) is 9.97 Å². The smallest absolute Gasteiger partial charge is 0.251 e. The van der Waals surface area contributed by atoms with E-state index in [-0.39, 0.29) is 11.6 Å². The molecule has 1 atom stereocenters. The van der Waals surface area contributed by atoms with Crippen LogP contribution in [0.2, 0.25) is 0 Å². The summed E-state index contributed by atoms with van der Waals surface area (Å²) in [5, 5.41) is 3.47. The standard InChI is InChI=1S/C23H26N4O/c1-3-20-13-22(28)27-23(26-20)19-10-11-21(24-14-19)25-15(2)17-9-8-16-6-4-5-7-18(16)12-17/h8-15H,3-7H2,1-2H3,(H,24,25)(H,26,27,28). The lowest BCUT2D eigenvalue weighted by Crippen LogP contribution is -2.11. The first-order chi connectivity index (χ1) is 13.6. The number of hydrogen-bond donors (Lipinski definition) is 2. The van der Waals surface area contributed by atoms with Gasteiger partial charge in [0.15, 0.2) is 0 Å². The minimum absolute atomic E-state index is 0.134. The SMILES string of the molecule is CCc1cc(=O)[nH]c(-c2ccc(NC(C)c3ccc4c(c3)CCCC4)nc2)n1. The number of aromatic nitrogens is 3. The Bertz CT molecular complexity index is 1020. The van der Waals surface area contributed by atoms with Crippen LogP contribution < -0.4 is 10.9 Å². The number of hydrogen-bond acceptors (Lipinski definition) is 4. The topological polar surface area (TPSA) is 70.7 Å². The second kappa shape index (κ2) is 7.97. The fraction of sp³-hybridized carbons (Fsp3) is 0.348. The van der Waals surface area contributed by atoms with E-state index in [4.69, 9.17) is 0 Å². The Labute approximate surface area is 165 Å². The van der Waals surface area contributed by atoms with Gasteiger partial charge in [-0.2, -0.15) is 0 Å². The molecule has 2 heterocycles. The van der Waals surface area contributed by atoms with Crippen molar-refractivity contribution < 1.29 is 0 Å². The van der Waals surface area contributed by atoms with Crippen LogP contribution >= 0.6 is 0 Å². The van der Waals surface area contributed by atoms with Crippen LogP contribution in [0.1, 0.15) is 55.1 Å². The molecule has 0 aliphatic heterocycles. The summed E-state index contributed by atoms with van der Waals surface area (Å²) < 4.78 is 0. The van der Waals surface area contributed by atoms with Crippen LogP contribution in [0.15, 0.2) is 47.4 Å². The Morgan fingerprint density at radius 2 is 1.93 bits per heavy atom. The first kappa shape index (κ1) is 18.4. The Kier molecular flexibility index (Phi) is 5.24. The average molecular weight is 374 g/mol. The van der Waals surface area contributed by atoms with E-state index in [9.17, 15) is 4.79 Å². The highest BCUT2D eigenvalue weighted by Gasteiger charge is 2.13. The van der Waals surface area contributed by atoms with Crippen LogP contribution in [0, 0.1) is 0 Å². The molecule has 1 aliphatic carbocycles. The predicted molar refractivity (Wildman–Crippen MR) is 113 cm³/mol. The summed E-state index contributed by atoms with van der Waals surface area (Å²) in [7, 11) is 0. The zero-order chi connectivity index (χ0) is 19.5. The van der Waals surface area contributed by atoms with Gasteiger partial charge >= 0.3 is 0 Å². The number of aryl methyl sites for hydroxylation is 3. The molecule has 5 heteroatoms. The number of fused-ring (bicyclic) bond motifs is 1. The zero-order valence-corrected chi connectivity index (χ0v) is 16.5. The molecular formula is C23H26N4O. The lowest BCUT2D eigenvalue weighted by molar-refractivity contribution is 0.683. The average Bonchev–Trinajstić information content (AvgIpc) is 2.73. The maximum absolute atomic E-state index is 11.8. The molecule has 1 unspecified atom stereocenters. The van der Waals surface area contributed by atoms with Crippen LogP contribution in [0.3, 0.4) is 0 Å². The molecule has 5 nitrogen and oxygen atoms in total. The highest BCUT2D eigenvalue weighted by molar-refractivity contribution is 5.56. The number of H-pyrrole nitrogens is 1. The van der Waals surface area contributed by atoms with E-state index >= 15 is 0 Å². The lowest BCUT2D eigenvalue weighted by Gasteiger charge is -2.20. The second-order valence-electron chi connectivity index (χ2n) is 7.47. The van der Waals surface area contributed by atoms with Gasteiger partial charge in [0.05, 0.1) is 0 Å². The Morgan fingerprint density at radius 1 is 1.11 bits per heavy atom. The number of nitrogens with zero attached hydrogens (tertiary/aromatic N) is 2. The number of nitrogens with one attached hydrogen (secondary N) is 2. The molecule has 1 aliphatic rings. The maximum atomic E-state index is 11.8. The van der Waals surface area contributed by atoms with E-state index < -0.39 is 0 Å². The minimum atomic E-state index is -0.134. The molecule has 144 valence electrons. The summed E-state index contributed by atoms with van der Waals surface area (Å²) in [6.45, 7) is 4.14. The molecule has 0 radical (unpaired) electrons. The third-order valence-electron chi connectivity index (χ3n) is 5.43. The van der Waals surface area contributed by atoms with Crippen molar-refractivity contribution in [3.8, 4) is 11.4 Å². The minimum Gasteiger partial charge on any atom is -0.364 e. The van der Waals surface area contributed by atoms with Crippen molar-refractivity contribution in [2.24, 2.45) is 0 Å². The molecule has 2 N–H and O–H groups in total. The van der Waals surface area contributed by atoms with Crippen molar-refractivity contribution in [1.82, 2.24) is 15.0 Å². The van der Waals surface area contributed by atoms with Crippen molar-refractivity contribution in [3.63, 3.8) is 0 Å². The Hall–Kier alpha value is -2.95. The predicted octanol–water partition coefficient (Wildman–Crippen LogP) is 4.45. The summed E-state index contributed by atoms with van der Waals surface area (Å²) in [5.41, 5.74) is 5.73. The third kappa shape index (κ3) is 3.98. The summed E-state index contributed by atoms with van der Waals surface area (Å²) in [6, 6.07) is 12.4. The molecule has 2 aromatic heterocycles. The van der Waals surface area contributed by atoms with Gasteiger partial charge < -0.3 is 10.3 Å². The van der Waals surface area contributed by atoms with E-state index in [0.29, 0.717) is 5.82 Å². The molecule has 0 saturated heterocycles. The van der Waals surface area contributed by atoms with E-state index in [2.05, 4.69) is 45.4 Å². The van der Waals surface area contributed by atoms with Crippen LogP contribution in [0.5, 0.6) is 0 Å². The van der Waals surface area contributed by atoms with E-state index in [1.807, 2.05) is 19.1 Å². The summed E-state index contributed by atoms with van der Waals surface area (Å²) in [6.07, 6.45) is 7.46. The molecule has 0 bridgehead atoms. The number of pyridine rings is 1. The quantitative estimate of drug-likeness (QED) is 0.692. The zero-order valence-electron chi connectivity index (χ0n) is 16.5. The van der Waals surface area contributed by atoms with Crippen LogP contribution in [-0.2, 0) is 19.3 Å². The number of benzene rings is 1. The van der Waals surface area contributed by atoms with Crippen LogP contribution in [-0.4, -0.2) is 15.0 Å². The monoisotopic (exact) mass is 374 g/mol. The fourth-order valence-corrected chi connectivity index (χ4v) is 3.77. The van der Waals surface area contributed by atoms with Gasteiger partial charge in [0, 0.05) is 29.6 Å². The van der Waals surface area contributed by atoms with E-state index in [1.165, 1.54) is 48.4 Å². The third-order valence-corrected chi connectivity index (χ3v) is 5.43. The molecule has 0 spiro atoms. The van der Waals surface area contributed by atoms with Gasteiger partial charge in [-0.3, -0.25) is 4.79 Å². The number of anilines is 1. The van der Waals surface area contributed by atoms with Crippen LogP contribution in [0.4, 0.5) is 5.82 Å². The Morgan fingerprint density at radius 3 is 2.68 bits per heavy atom. The van der Waals surface area contributed by atoms with Crippen molar-refractivity contribution in [2.45, 2.75) is 52.0 Å². The van der Waals surface area contributed by atoms with Gasteiger partial charge in [-0.15, -0.1) is 0 Å². The summed E-state index contributed by atoms with van der Waals surface area (Å²) >= 11 is 0. The molecule has 0 amide bonds. The molecule has 0 saturated carbocycles. The van der Waals surface area contributed by atoms with Gasteiger partial charge in [-0.05, 0) is 67.9 Å². The van der Waals surface area contributed by atoms with Crippen molar-refractivity contribution >= 4 is 5.82 Å². The van der Waals surface area contributed by atoms with Crippen molar-refractivity contribution in [1.29, 1.82) is 0 Å². The molecule has 3 aromatic rings. The largest absolute Gasteiger partial charge is 0.364 e. The molecular weight excluding hydrogens is 348 g/mol. The maximum Gasteiger partial charge on any atom is 0.251 e. The highest BCUT2D eigenvalue weighted by Crippen LogP contribution is 2.26. The van der Waals surface area contributed by atoms with Gasteiger partial charge in [0.25, 0.3) is 5.56 Å². The Balaban J connectivity index is 1.50. The summed E-state index contributed by atoms with van der Waals surface area (Å²) in [5.74, 6) is 1.37. The summed E-state index contributed by atoms with van der Waals surface area (Å²) in [4.78, 5) is 23.6. The number of aromatic amines is 1. The fourth-order valence-electron chi connectivity index (χ4n) is 3.77. The van der Waals surface area contributed by atoms with Crippen molar-refractivity contribution in [3.05, 3.63) is 75.3 Å². The molecule has 0 fully saturated rings. The molecule has 28 heavy (non-hydrogen) atoms.